The van der Waals surface area contributed by atoms with Gasteiger partial charge in [0, 0.05) is 35.5 Å². The molecule has 3 nitrogen and oxygen atoms in total. The summed E-state index contributed by atoms with van der Waals surface area (Å²) in [5, 5.41) is 4.38. The van der Waals surface area contributed by atoms with Crippen molar-refractivity contribution in [1.82, 2.24) is 15.3 Å². The minimum atomic E-state index is -0.189. The molecular formula is C17H20Cl2FN3. The number of aryl methyl sites for hydroxylation is 1. The molecule has 2 N–H and O–H groups in total. The molecule has 0 spiro atoms. The zero-order valence-corrected chi connectivity index (χ0v) is 14.4. The summed E-state index contributed by atoms with van der Waals surface area (Å²) in [6, 6.07) is 8.87. The summed E-state index contributed by atoms with van der Waals surface area (Å²) in [5.41, 5.74) is 4.46. The number of hydrogen-bond donors (Lipinski definition) is 2. The summed E-state index contributed by atoms with van der Waals surface area (Å²) < 4.78 is 13.4. The number of rotatable bonds is 5. The van der Waals surface area contributed by atoms with E-state index in [1.54, 1.807) is 18.3 Å². The number of halogens is 3. The molecule has 2 heterocycles. The van der Waals surface area contributed by atoms with Gasteiger partial charge in [-0.3, -0.25) is 4.98 Å². The van der Waals surface area contributed by atoms with Gasteiger partial charge < -0.3 is 10.3 Å². The molecule has 0 aliphatic carbocycles. The number of nitrogens with zero attached hydrogens (tertiary/aromatic N) is 1. The van der Waals surface area contributed by atoms with Gasteiger partial charge >= 0.3 is 0 Å². The summed E-state index contributed by atoms with van der Waals surface area (Å²) in [6.45, 7) is 3.68. The van der Waals surface area contributed by atoms with Crippen molar-refractivity contribution in [1.29, 1.82) is 0 Å². The van der Waals surface area contributed by atoms with E-state index < -0.39 is 0 Å². The molecule has 3 aromatic rings. The van der Waals surface area contributed by atoms with Gasteiger partial charge in [0.05, 0.1) is 0 Å². The first-order chi connectivity index (χ1) is 10.2. The van der Waals surface area contributed by atoms with Crippen molar-refractivity contribution in [3.05, 3.63) is 65.4 Å². The molecule has 3 rings (SSSR count). The normalized spacial score (nSPS) is 10.2. The molecule has 0 atom stereocenters. The number of pyridine rings is 1. The molecule has 0 amide bonds. The first-order valence-electron chi connectivity index (χ1n) is 7.10. The van der Waals surface area contributed by atoms with Crippen LogP contribution < -0.4 is 5.32 Å². The summed E-state index contributed by atoms with van der Waals surface area (Å²) in [4.78, 5) is 7.40. The molecular weight excluding hydrogens is 336 g/mol. The largest absolute Gasteiger partial charge is 0.358 e. The van der Waals surface area contributed by atoms with E-state index >= 15 is 0 Å². The van der Waals surface area contributed by atoms with E-state index in [4.69, 9.17) is 0 Å². The SMILES string of the molecule is Cc1[nH]c2ccc(F)cc2c1CCNCc1cccnc1.Cl.Cl. The zero-order chi connectivity index (χ0) is 14.7. The quantitative estimate of drug-likeness (QED) is 0.673. The highest BCUT2D eigenvalue weighted by Gasteiger charge is 2.08. The fraction of sp³-hybridized carbons (Fsp3) is 0.235. The van der Waals surface area contributed by atoms with Crippen LogP contribution in [0.25, 0.3) is 10.9 Å². The van der Waals surface area contributed by atoms with Crippen molar-refractivity contribution in [3.8, 4) is 0 Å². The van der Waals surface area contributed by atoms with Crippen molar-refractivity contribution in [2.75, 3.05) is 6.54 Å². The Bertz CT molecular complexity index is 744. The average molecular weight is 356 g/mol. The van der Waals surface area contributed by atoms with Crippen LogP contribution in [-0.4, -0.2) is 16.5 Å². The Morgan fingerprint density at radius 1 is 1.22 bits per heavy atom. The van der Waals surface area contributed by atoms with Crippen LogP contribution >= 0.6 is 24.8 Å². The second-order valence-corrected chi connectivity index (χ2v) is 5.21. The standard InChI is InChI=1S/C17H18FN3.2ClH/c1-12-15(16-9-14(18)4-5-17(16)21-12)6-8-20-11-13-3-2-7-19-10-13;;/h2-5,7,9-10,20-21H,6,8,11H2,1H3;2*1H. The Labute approximate surface area is 147 Å². The second-order valence-electron chi connectivity index (χ2n) is 5.21. The second kappa shape index (κ2) is 8.87. The molecule has 2 aromatic heterocycles. The van der Waals surface area contributed by atoms with E-state index in [1.165, 1.54) is 17.2 Å². The minimum absolute atomic E-state index is 0. The minimum Gasteiger partial charge on any atom is -0.358 e. The predicted octanol–water partition coefficient (Wildman–Crippen LogP) is 4.19. The van der Waals surface area contributed by atoms with E-state index in [0.717, 1.165) is 36.1 Å². The van der Waals surface area contributed by atoms with Gasteiger partial charge in [-0.1, -0.05) is 6.07 Å². The Kier molecular flexibility index (Phi) is 7.49. The van der Waals surface area contributed by atoms with Crippen LogP contribution in [0, 0.1) is 12.7 Å². The molecule has 23 heavy (non-hydrogen) atoms. The van der Waals surface area contributed by atoms with Gasteiger partial charge in [0.1, 0.15) is 5.82 Å². The van der Waals surface area contributed by atoms with Crippen LogP contribution in [-0.2, 0) is 13.0 Å². The molecule has 124 valence electrons. The van der Waals surface area contributed by atoms with E-state index in [2.05, 4.69) is 15.3 Å². The molecule has 0 saturated carbocycles. The average Bonchev–Trinajstić information content (AvgIpc) is 2.80. The van der Waals surface area contributed by atoms with E-state index in [0.29, 0.717) is 0 Å². The Hall–Kier alpha value is -1.62. The van der Waals surface area contributed by atoms with Crippen molar-refractivity contribution >= 4 is 35.7 Å². The molecule has 0 aliphatic heterocycles. The van der Waals surface area contributed by atoms with Crippen LogP contribution in [0.2, 0.25) is 0 Å². The molecule has 0 unspecified atom stereocenters. The van der Waals surface area contributed by atoms with E-state index in [-0.39, 0.29) is 30.6 Å². The lowest BCUT2D eigenvalue weighted by Crippen LogP contribution is -2.16. The van der Waals surface area contributed by atoms with Gasteiger partial charge in [0.2, 0.25) is 0 Å². The molecule has 0 radical (unpaired) electrons. The smallest absolute Gasteiger partial charge is 0.123 e. The summed E-state index contributed by atoms with van der Waals surface area (Å²) >= 11 is 0. The third-order valence-electron chi connectivity index (χ3n) is 3.69. The monoisotopic (exact) mass is 355 g/mol. The van der Waals surface area contributed by atoms with Crippen LogP contribution in [0.15, 0.2) is 42.7 Å². The van der Waals surface area contributed by atoms with Crippen molar-refractivity contribution in [3.63, 3.8) is 0 Å². The first-order valence-corrected chi connectivity index (χ1v) is 7.10. The molecule has 0 bridgehead atoms. The highest BCUT2D eigenvalue weighted by molar-refractivity contribution is 5.86. The Morgan fingerprint density at radius 3 is 2.78 bits per heavy atom. The maximum absolute atomic E-state index is 13.4. The van der Waals surface area contributed by atoms with Crippen LogP contribution in [0.4, 0.5) is 4.39 Å². The fourth-order valence-electron chi connectivity index (χ4n) is 2.63. The summed E-state index contributed by atoms with van der Waals surface area (Å²) in [6.07, 6.45) is 4.50. The zero-order valence-electron chi connectivity index (χ0n) is 12.8. The maximum Gasteiger partial charge on any atom is 0.123 e. The molecule has 0 aliphatic rings. The highest BCUT2D eigenvalue weighted by Crippen LogP contribution is 2.23. The highest BCUT2D eigenvalue weighted by atomic mass is 35.5. The van der Waals surface area contributed by atoms with Crippen molar-refractivity contribution in [2.24, 2.45) is 0 Å². The van der Waals surface area contributed by atoms with Crippen molar-refractivity contribution in [2.45, 2.75) is 19.9 Å². The molecule has 0 fully saturated rings. The number of fused-ring (bicyclic) bond motifs is 1. The topological polar surface area (TPSA) is 40.7 Å². The van der Waals surface area contributed by atoms with Gasteiger partial charge in [-0.15, -0.1) is 24.8 Å². The summed E-state index contributed by atoms with van der Waals surface area (Å²) in [7, 11) is 0. The number of hydrogen-bond acceptors (Lipinski definition) is 2. The lowest BCUT2D eigenvalue weighted by molar-refractivity contribution is 0.629. The third-order valence-corrected chi connectivity index (χ3v) is 3.69. The van der Waals surface area contributed by atoms with Gasteiger partial charge in [0.25, 0.3) is 0 Å². The van der Waals surface area contributed by atoms with Gasteiger partial charge in [-0.05, 0) is 55.3 Å². The van der Waals surface area contributed by atoms with E-state index in [1.807, 2.05) is 25.3 Å². The molecule has 6 heteroatoms. The fourth-order valence-corrected chi connectivity index (χ4v) is 2.63. The van der Waals surface area contributed by atoms with Crippen molar-refractivity contribution < 1.29 is 4.39 Å². The lowest BCUT2D eigenvalue weighted by Gasteiger charge is -2.05. The number of benzene rings is 1. The molecule has 1 aromatic carbocycles. The van der Waals surface area contributed by atoms with Gasteiger partial charge in [0.15, 0.2) is 0 Å². The number of H-pyrrole nitrogens is 1. The number of aromatic nitrogens is 2. The van der Waals surface area contributed by atoms with Crippen LogP contribution in [0.5, 0.6) is 0 Å². The third kappa shape index (κ3) is 4.67. The Balaban J connectivity index is 0.00000132. The number of nitrogens with one attached hydrogen (secondary N) is 2. The Morgan fingerprint density at radius 2 is 2.04 bits per heavy atom. The van der Waals surface area contributed by atoms with Gasteiger partial charge in [-0.25, -0.2) is 4.39 Å². The molecule has 0 saturated heterocycles. The van der Waals surface area contributed by atoms with Crippen LogP contribution in [0.3, 0.4) is 0 Å². The summed E-state index contributed by atoms with van der Waals surface area (Å²) in [5.74, 6) is -0.189. The lowest BCUT2D eigenvalue weighted by atomic mass is 10.1. The van der Waals surface area contributed by atoms with Crippen LogP contribution in [0.1, 0.15) is 16.8 Å². The van der Waals surface area contributed by atoms with Gasteiger partial charge in [-0.2, -0.15) is 0 Å². The predicted molar refractivity (Wildman–Crippen MR) is 97.1 cm³/mol. The maximum atomic E-state index is 13.4. The number of aromatic amines is 1. The van der Waals surface area contributed by atoms with E-state index in [9.17, 15) is 4.39 Å². The first kappa shape index (κ1) is 19.4.